The molecule has 0 bridgehead atoms. The summed E-state index contributed by atoms with van der Waals surface area (Å²) in [7, 11) is 0. The minimum Gasteiger partial charge on any atom is -0.378 e. The van der Waals surface area contributed by atoms with Gasteiger partial charge in [0.25, 0.3) is 0 Å². The summed E-state index contributed by atoms with van der Waals surface area (Å²) in [5.41, 5.74) is 0.304. The van der Waals surface area contributed by atoms with Gasteiger partial charge in [0.1, 0.15) is 0 Å². The number of hydrogen-bond donors (Lipinski definition) is 0. The van der Waals surface area contributed by atoms with Crippen molar-refractivity contribution in [3.63, 3.8) is 0 Å². The van der Waals surface area contributed by atoms with E-state index in [1.54, 1.807) is 0 Å². The second kappa shape index (κ2) is 7.28. The fraction of sp³-hybridized carbons (Fsp3) is 1.00. The summed E-state index contributed by atoms with van der Waals surface area (Å²) in [4.78, 5) is 0. The van der Waals surface area contributed by atoms with Gasteiger partial charge in [0.05, 0.1) is 12.7 Å². The third kappa shape index (κ3) is 8.55. The van der Waals surface area contributed by atoms with Crippen molar-refractivity contribution in [2.45, 2.75) is 72.8 Å². The standard InChI is InChI=1S/C13H28O/c1-6-8-9-10-12(7-2)14-11-13(3,4)5/h12H,6-11H2,1-5H3. The molecule has 0 saturated heterocycles. The monoisotopic (exact) mass is 200 g/mol. The zero-order chi connectivity index (χ0) is 11.0. The molecule has 1 unspecified atom stereocenters. The lowest BCUT2D eigenvalue weighted by Crippen LogP contribution is -2.21. The highest BCUT2D eigenvalue weighted by atomic mass is 16.5. The van der Waals surface area contributed by atoms with Gasteiger partial charge in [-0.25, -0.2) is 0 Å². The molecule has 0 aliphatic rings. The SMILES string of the molecule is CCCCCC(CC)OCC(C)(C)C. The van der Waals surface area contributed by atoms with Crippen LogP contribution in [-0.2, 0) is 4.74 Å². The smallest absolute Gasteiger partial charge is 0.0572 e. The number of rotatable bonds is 7. The summed E-state index contributed by atoms with van der Waals surface area (Å²) in [6.07, 6.45) is 6.84. The maximum Gasteiger partial charge on any atom is 0.0572 e. The van der Waals surface area contributed by atoms with Crippen LogP contribution in [0.5, 0.6) is 0 Å². The topological polar surface area (TPSA) is 9.23 Å². The molecule has 0 amide bonds. The van der Waals surface area contributed by atoms with Crippen LogP contribution >= 0.6 is 0 Å². The molecule has 0 aromatic carbocycles. The van der Waals surface area contributed by atoms with E-state index in [1.807, 2.05) is 0 Å². The normalized spacial score (nSPS) is 14.4. The molecular formula is C13H28O. The van der Waals surface area contributed by atoms with Crippen molar-refractivity contribution in [3.05, 3.63) is 0 Å². The molecule has 1 heteroatoms. The first-order chi connectivity index (χ1) is 6.49. The summed E-state index contributed by atoms with van der Waals surface area (Å²) < 4.78 is 5.90. The van der Waals surface area contributed by atoms with Gasteiger partial charge in [0.15, 0.2) is 0 Å². The lowest BCUT2D eigenvalue weighted by atomic mass is 9.98. The average Bonchev–Trinajstić information content (AvgIpc) is 2.09. The van der Waals surface area contributed by atoms with Crippen LogP contribution in [0.25, 0.3) is 0 Å². The molecule has 86 valence electrons. The summed E-state index contributed by atoms with van der Waals surface area (Å²) in [5, 5.41) is 0. The van der Waals surface area contributed by atoms with E-state index in [0.717, 1.165) is 13.0 Å². The van der Waals surface area contributed by atoms with Gasteiger partial charge in [-0.05, 0) is 18.3 Å². The van der Waals surface area contributed by atoms with Crippen molar-refractivity contribution in [1.82, 2.24) is 0 Å². The van der Waals surface area contributed by atoms with E-state index < -0.39 is 0 Å². The van der Waals surface area contributed by atoms with Crippen molar-refractivity contribution in [2.75, 3.05) is 6.61 Å². The molecule has 0 fully saturated rings. The lowest BCUT2D eigenvalue weighted by molar-refractivity contribution is 0.00145. The van der Waals surface area contributed by atoms with Crippen LogP contribution in [0, 0.1) is 5.41 Å². The number of unbranched alkanes of at least 4 members (excludes halogenated alkanes) is 2. The summed E-state index contributed by atoms with van der Waals surface area (Å²) in [6, 6.07) is 0. The fourth-order valence-corrected chi connectivity index (χ4v) is 1.40. The Morgan fingerprint density at radius 3 is 2.14 bits per heavy atom. The number of hydrogen-bond acceptors (Lipinski definition) is 1. The van der Waals surface area contributed by atoms with Crippen molar-refractivity contribution < 1.29 is 4.74 Å². The first kappa shape index (κ1) is 14.0. The van der Waals surface area contributed by atoms with Gasteiger partial charge in [-0.3, -0.25) is 0 Å². The predicted molar refractivity (Wildman–Crippen MR) is 63.6 cm³/mol. The molecule has 0 N–H and O–H groups in total. The van der Waals surface area contributed by atoms with Crippen molar-refractivity contribution in [2.24, 2.45) is 5.41 Å². The van der Waals surface area contributed by atoms with Crippen LogP contribution in [-0.4, -0.2) is 12.7 Å². The molecule has 14 heavy (non-hydrogen) atoms. The molecule has 1 nitrogen and oxygen atoms in total. The Morgan fingerprint density at radius 2 is 1.71 bits per heavy atom. The molecule has 0 radical (unpaired) electrons. The van der Waals surface area contributed by atoms with Gasteiger partial charge >= 0.3 is 0 Å². The Bertz CT molecular complexity index is 124. The third-order valence-corrected chi connectivity index (χ3v) is 2.34. The summed E-state index contributed by atoms with van der Waals surface area (Å²) in [5.74, 6) is 0. The predicted octanol–water partition coefficient (Wildman–Crippen LogP) is 4.41. The van der Waals surface area contributed by atoms with E-state index in [1.165, 1.54) is 25.7 Å². The Balaban J connectivity index is 3.58. The molecule has 0 aromatic rings. The molecular weight excluding hydrogens is 172 g/mol. The van der Waals surface area contributed by atoms with Crippen LogP contribution in [0.1, 0.15) is 66.7 Å². The van der Waals surface area contributed by atoms with Crippen LogP contribution in [0.15, 0.2) is 0 Å². The summed E-state index contributed by atoms with van der Waals surface area (Å²) in [6.45, 7) is 12.0. The molecule has 0 spiro atoms. The molecule has 0 aliphatic carbocycles. The molecule has 0 aromatic heterocycles. The fourth-order valence-electron chi connectivity index (χ4n) is 1.40. The van der Waals surface area contributed by atoms with Gasteiger partial charge in [0, 0.05) is 0 Å². The Morgan fingerprint density at radius 1 is 1.07 bits per heavy atom. The van der Waals surface area contributed by atoms with E-state index in [2.05, 4.69) is 34.6 Å². The van der Waals surface area contributed by atoms with Crippen LogP contribution in [0.3, 0.4) is 0 Å². The lowest BCUT2D eigenvalue weighted by Gasteiger charge is -2.23. The highest BCUT2D eigenvalue weighted by molar-refractivity contribution is 4.63. The van der Waals surface area contributed by atoms with Gasteiger partial charge in [-0.1, -0.05) is 53.9 Å². The van der Waals surface area contributed by atoms with Gasteiger partial charge in [-0.15, -0.1) is 0 Å². The highest BCUT2D eigenvalue weighted by Gasteiger charge is 2.14. The quantitative estimate of drug-likeness (QED) is 0.553. The van der Waals surface area contributed by atoms with Gasteiger partial charge in [-0.2, -0.15) is 0 Å². The Kier molecular flexibility index (Phi) is 7.26. The molecule has 1 atom stereocenters. The van der Waals surface area contributed by atoms with E-state index >= 15 is 0 Å². The van der Waals surface area contributed by atoms with Crippen molar-refractivity contribution >= 4 is 0 Å². The van der Waals surface area contributed by atoms with Crippen molar-refractivity contribution in [1.29, 1.82) is 0 Å². The number of ether oxygens (including phenoxy) is 1. The van der Waals surface area contributed by atoms with Crippen LogP contribution in [0.4, 0.5) is 0 Å². The zero-order valence-electron chi connectivity index (χ0n) is 10.7. The minimum atomic E-state index is 0.304. The maximum absolute atomic E-state index is 5.90. The van der Waals surface area contributed by atoms with Gasteiger partial charge in [0.2, 0.25) is 0 Å². The van der Waals surface area contributed by atoms with E-state index in [0.29, 0.717) is 11.5 Å². The van der Waals surface area contributed by atoms with Crippen LogP contribution < -0.4 is 0 Å². The van der Waals surface area contributed by atoms with Crippen LogP contribution in [0.2, 0.25) is 0 Å². The van der Waals surface area contributed by atoms with E-state index in [-0.39, 0.29) is 0 Å². The van der Waals surface area contributed by atoms with Gasteiger partial charge < -0.3 is 4.74 Å². The second-order valence-electron chi connectivity index (χ2n) is 5.40. The Labute approximate surface area is 90.2 Å². The maximum atomic E-state index is 5.90. The van der Waals surface area contributed by atoms with E-state index in [4.69, 9.17) is 4.74 Å². The first-order valence-electron chi connectivity index (χ1n) is 6.11. The molecule has 0 aliphatic heterocycles. The molecule has 0 rings (SSSR count). The molecule has 0 heterocycles. The average molecular weight is 200 g/mol. The first-order valence-corrected chi connectivity index (χ1v) is 6.11. The second-order valence-corrected chi connectivity index (χ2v) is 5.40. The highest BCUT2D eigenvalue weighted by Crippen LogP contribution is 2.17. The molecule has 0 saturated carbocycles. The van der Waals surface area contributed by atoms with Crippen molar-refractivity contribution in [3.8, 4) is 0 Å². The van der Waals surface area contributed by atoms with E-state index in [9.17, 15) is 0 Å². The largest absolute Gasteiger partial charge is 0.378 e. The minimum absolute atomic E-state index is 0.304. The third-order valence-electron chi connectivity index (χ3n) is 2.34. The Hall–Kier alpha value is -0.0400. The summed E-state index contributed by atoms with van der Waals surface area (Å²) >= 11 is 0. The zero-order valence-corrected chi connectivity index (χ0v) is 10.7.